The third kappa shape index (κ3) is 3.29. The molecule has 1 N–H and O–H groups in total. The molecule has 0 aliphatic heterocycles. The number of hydrogen-bond acceptors (Lipinski definition) is 1. The van der Waals surface area contributed by atoms with Gasteiger partial charge < -0.3 is 5.32 Å². The van der Waals surface area contributed by atoms with Gasteiger partial charge in [-0.25, -0.2) is 4.39 Å². The Bertz CT molecular complexity index is 387. The van der Waals surface area contributed by atoms with E-state index in [1.807, 2.05) is 13.0 Å². The van der Waals surface area contributed by atoms with E-state index in [1.54, 1.807) is 12.1 Å². The first-order valence-corrected chi connectivity index (χ1v) is 6.54. The molecule has 17 heavy (non-hydrogen) atoms. The Hall–Kier alpha value is -0.890. The number of hydrogen-bond donors (Lipinski definition) is 1. The highest BCUT2D eigenvalue weighted by Crippen LogP contribution is 2.48. The summed E-state index contributed by atoms with van der Waals surface area (Å²) in [5.41, 5.74) is 2.43. The molecule has 1 aliphatic rings. The first-order chi connectivity index (χ1) is 8.08. The van der Waals surface area contributed by atoms with Crippen LogP contribution in [0.5, 0.6) is 0 Å². The first kappa shape index (κ1) is 12.6. The lowest BCUT2D eigenvalue weighted by Gasteiger charge is -2.08. The van der Waals surface area contributed by atoms with Crippen molar-refractivity contribution in [1.29, 1.82) is 0 Å². The van der Waals surface area contributed by atoms with Gasteiger partial charge >= 0.3 is 0 Å². The summed E-state index contributed by atoms with van der Waals surface area (Å²) in [5.74, 6) is 1.98. The van der Waals surface area contributed by atoms with E-state index in [9.17, 15) is 4.39 Å². The van der Waals surface area contributed by atoms with Crippen molar-refractivity contribution in [3.05, 3.63) is 35.1 Å². The lowest BCUT2D eigenvalue weighted by Crippen LogP contribution is -2.22. The minimum Gasteiger partial charge on any atom is -0.316 e. The molecule has 0 amide bonds. The van der Waals surface area contributed by atoms with E-state index in [0.29, 0.717) is 11.8 Å². The second-order valence-corrected chi connectivity index (χ2v) is 5.66. The van der Waals surface area contributed by atoms with Gasteiger partial charge in [0.2, 0.25) is 0 Å². The number of halogens is 1. The van der Waals surface area contributed by atoms with Crippen LogP contribution < -0.4 is 5.32 Å². The van der Waals surface area contributed by atoms with Crippen molar-refractivity contribution < 1.29 is 4.39 Å². The summed E-state index contributed by atoms with van der Waals surface area (Å²) in [5, 5.41) is 3.50. The molecule has 1 nitrogen and oxygen atoms in total. The largest absolute Gasteiger partial charge is 0.316 e. The molecule has 94 valence electrons. The van der Waals surface area contributed by atoms with Gasteiger partial charge in [0.25, 0.3) is 0 Å². The standard InChI is InChI=1S/C15H22FN/c1-10(2)8-17-9-12-7-15(12)14-5-4-13(16)6-11(14)3/h4-6,10,12,15,17H,7-9H2,1-3H3. The molecule has 0 radical (unpaired) electrons. The Kier molecular flexibility index (Phi) is 3.82. The molecule has 1 saturated carbocycles. The van der Waals surface area contributed by atoms with Crippen LogP contribution in [0, 0.1) is 24.6 Å². The number of nitrogens with one attached hydrogen (secondary N) is 1. The summed E-state index contributed by atoms with van der Waals surface area (Å²) in [4.78, 5) is 0. The van der Waals surface area contributed by atoms with Gasteiger partial charge in [-0.3, -0.25) is 0 Å². The molecule has 0 heterocycles. The van der Waals surface area contributed by atoms with Crippen LogP contribution in [-0.4, -0.2) is 13.1 Å². The molecule has 2 rings (SSSR count). The van der Waals surface area contributed by atoms with Gasteiger partial charge in [-0.2, -0.15) is 0 Å². The molecule has 2 atom stereocenters. The van der Waals surface area contributed by atoms with E-state index in [0.717, 1.165) is 24.6 Å². The quantitative estimate of drug-likeness (QED) is 0.824. The molecular formula is C15H22FN. The zero-order valence-electron chi connectivity index (χ0n) is 11.0. The molecule has 2 heteroatoms. The average molecular weight is 235 g/mol. The second-order valence-electron chi connectivity index (χ2n) is 5.66. The van der Waals surface area contributed by atoms with Crippen molar-refractivity contribution in [1.82, 2.24) is 5.32 Å². The predicted molar refractivity (Wildman–Crippen MR) is 69.7 cm³/mol. The maximum Gasteiger partial charge on any atom is 0.123 e. The van der Waals surface area contributed by atoms with Crippen LogP contribution in [0.4, 0.5) is 4.39 Å². The molecule has 1 aromatic carbocycles. The van der Waals surface area contributed by atoms with Crippen molar-refractivity contribution in [3.63, 3.8) is 0 Å². The van der Waals surface area contributed by atoms with Crippen molar-refractivity contribution in [2.75, 3.05) is 13.1 Å². The summed E-state index contributed by atoms with van der Waals surface area (Å²) in [7, 11) is 0. The zero-order valence-corrected chi connectivity index (χ0v) is 11.0. The highest BCUT2D eigenvalue weighted by molar-refractivity contribution is 5.34. The van der Waals surface area contributed by atoms with Crippen molar-refractivity contribution >= 4 is 0 Å². The van der Waals surface area contributed by atoms with Crippen molar-refractivity contribution in [2.45, 2.75) is 33.1 Å². The Morgan fingerprint density at radius 2 is 2.18 bits per heavy atom. The van der Waals surface area contributed by atoms with Crippen molar-refractivity contribution in [2.24, 2.45) is 11.8 Å². The lowest BCUT2D eigenvalue weighted by molar-refractivity contribution is 0.532. The van der Waals surface area contributed by atoms with Crippen molar-refractivity contribution in [3.8, 4) is 0 Å². The minimum absolute atomic E-state index is 0.124. The lowest BCUT2D eigenvalue weighted by atomic mass is 10.0. The monoisotopic (exact) mass is 235 g/mol. The van der Waals surface area contributed by atoms with Crippen LogP contribution in [0.2, 0.25) is 0 Å². The highest BCUT2D eigenvalue weighted by Gasteiger charge is 2.38. The Morgan fingerprint density at radius 3 is 2.82 bits per heavy atom. The van der Waals surface area contributed by atoms with Gasteiger partial charge in [0, 0.05) is 0 Å². The maximum atomic E-state index is 13.0. The van der Waals surface area contributed by atoms with E-state index in [4.69, 9.17) is 0 Å². The Morgan fingerprint density at radius 1 is 1.41 bits per heavy atom. The van der Waals surface area contributed by atoms with Gasteiger partial charge in [-0.15, -0.1) is 0 Å². The summed E-state index contributed by atoms with van der Waals surface area (Å²) >= 11 is 0. The van der Waals surface area contributed by atoms with Crippen LogP contribution in [-0.2, 0) is 0 Å². The zero-order chi connectivity index (χ0) is 12.4. The minimum atomic E-state index is -0.124. The Labute approximate surface area is 103 Å². The van der Waals surface area contributed by atoms with E-state index in [-0.39, 0.29) is 5.82 Å². The molecule has 0 saturated heterocycles. The van der Waals surface area contributed by atoms with Gasteiger partial charge in [0.05, 0.1) is 0 Å². The average Bonchev–Trinajstić information content (AvgIpc) is 2.96. The van der Waals surface area contributed by atoms with Crippen LogP contribution in [0.25, 0.3) is 0 Å². The van der Waals surface area contributed by atoms with E-state index >= 15 is 0 Å². The molecule has 0 aromatic heterocycles. The fraction of sp³-hybridized carbons (Fsp3) is 0.600. The molecule has 1 aromatic rings. The highest BCUT2D eigenvalue weighted by atomic mass is 19.1. The Balaban J connectivity index is 1.85. The summed E-state index contributed by atoms with van der Waals surface area (Å²) in [6, 6.07) is 5.18. The smallest absolute Gasteiger partial charge is 0.123 e. The third-order valence-corrected chi connectivity index (χ3v) is 3.51. The SMILES string of the molecule is Cc1cc(F)ccc1C1CC1CNCC(C)C. The van der Waals surface area contributed by atoms with Gasteiger partial charge in [-0.05, 0) is 67.4 Å². The number of aryl methyl sites for hydroxylation is 1. The molecule has 0 bridgehead atoms. The summed E-state index contributed by atoms with van der Waals surface area (Å²) in [6.45, 7) is 8.64. The molecule has 0 spiro atoms. The van der Waals surface area contributed by atoms with Crippen LogP contribution >= 0.6 is 0 Å². The molecular weight excluding hydrogens is 213 g/mol. The van der Waals surface area contributed by atoms with Gasteiger partial charge in [-0.1, -0.05) is 19.9 Å². The topological polar surface area (TPSA) is 12.0 Å². The second kappa shape index (κ2) is 5.18. The third-order valence-electron chi connectivity index (χ3n) is 3.51. The predicted octanol–water partition coefficient (Wildman–Crippen LogP) is 3.48. The first-order valence-electron chi connectivity index (χ1n) is 6.54. The van der Waals surface area contributed by atoms with Crippen LogP contribution in [0.3, 0.4) is 0 Å². The summed E-state index contributed by atoms with van der Waals surface area (Å²) in [6.07, 6.45) is 1.25. The van der Waals surface area contributed by atoms with E-state index in [2.05, 4.69) is 19.2 Å². The van der Waals surface area contributed by atoms with E-state index in [1.165, 1.54) is 12.0 Å². The fourth-order valence-corrected chi connectivity index (χ4v) is 2.47. The fourth-order valence-electron chi connectivity index (χ4n) is 2.47. The van der Waals surface area contributed by atoms with Crippen LogP contribution in [0.1, 0.15) is 37.3 Å². The number of benzene rings is 1. The molecule has 2 unspecified atom stereocenters. The maximum absolute atomic E-state index is 13.0. The molecule has 1 aliphatic carbocycles. The summed E-state index contributed by atoms with van der Waals surface area (Å²) < 4.78 is 13.0. The number of rotatable bonds is 5. The van der Waals surface area contributed by atoms with E-state index < -0.39 is 0 Å². The van der Waals surface area contributed by atoms with Gasteiger partial charge in [0.1, 0.15) is 5.82 Å². The van der Waals surface area contributed by atoms with Crippen LogP contribution in [0.15, 0.2) is 18.2 Å². The molecule has 1 fully saturated rings. The normalized spacial score (nSPS) is 23.1. The van der Waals surface area contributed by atoms with Gasteiger partial charge in [0.15, 0.2) is 0 Å².